The van der Waals surface area contributed by atoms with Crippen molar-refractivity contribution in [3.8, 4) is 0 Å². The molecule has 1 fully saturated rings. The average molecular weight is 342 g/mol. The molecule has 0 radical (unpaired) electrons. The first kappa shape index (κ1) is 16.0. The second kappa shape index (κ2) is 6.76. The summed E-state index contributed by atoms with van der Waals surface area (Å²) >= 11 is 0. The smallest absolute Gasteiger partial charge is 0.261 e. The molecule has 1 aliphatic rings. The van der Waals surface area contributed by atoms with Gasteiger partial charge in [0.05, 0.1) is 22.9 Å². The Bertz CT molecular complexity index is 914. The van der Waals surface area contributed by atoms with E-state index in [0.29, 0.717) is 23.4 Å². The molecule has 2 aromatic heterocycles. The van der Waals surface area contributed by atoms with Crippen molar-refractivity contribution in [3.63, 3.8) is 0 Å². The Labute approximate surface area is 143 Å². The molecule has 0 aliphatic carbocycles. The number of rotatable bonds is 4. The number of benzene rings is 1. The number of hydrogen-bond acceptors (Lipinski definition) is 5. The summed E-state index contributed by atoms with van der Waals surface area (Å²) in [4.78, 5) is 23.3. The SMILES string of the molecule is O=c1c2ccc(F)cc2ncn1CC1CCN(Cc2cocn2)CC1. The van der Waals surface area contributed by atoms with Crippen LogP contribution in [0.1, 0.15) is 18.5 Å². The fourth-order valence-electron chi connectivity index (χ4n) is 3.41. The van der Waals surface area contributed by atoms with E-state index in [4.69, 9.17) is 4.42 Å². The number of halogens is 1. The molecule has 3 aromatic rings. The first-order valence-corrected chi connectivity index (χ1v) is 8.43. The third-order valence-corrected chi connectivity index (χ3v) is 4.82. The lowest BCUT2D eigenvalue weighted by Crippen LogP contribution is -2.36. The van der Waals surface area contributed by atoms with Gasteiger partial charge in [-0.2, -0.15) is 0 Å². The lowest BCUT2D eigenvalue weighted by atomic mass is 9.96. The fraction of sp³-hybridized carbons (Fsp3) is 0.389. The second-order valence-corrected chi connectivity index (χ2v) is 6.56. The zero-order chi connectivity index (χ0) is 17.2. The van der Waals surface area contributed by atoms with Gasteiger partial charge in [0.1, 0.15) is 12.1 Å². The van der Waals surface area contributed by atoms with Gasteiger partial charge in [0.2, 0.25) is 0 Å². The number of fused-ring (bicyclic) bond motifs is 1. The maximum atomic E-state index is 13.2. The van der Waals surface area contributed by atoms with Crippen LogP contribution in [0.5, 0.6) is 0 Å². The molecule has 3 heterocycles. The highest BCUT2D eigenvalue weighted by atomic mass is 19.1. The second-order valence-electron chi connectivity index (χ2n) is 6.56. The van der Waals surface area contributed by atoms with Gasteiger partial charge < -0.3 is 4.42 Å². The van der Waals surface area contributed by atoms with E-state index in [-0.39, 0.29) is 11.4 Å². The third-order valence-electron chi connectivity index (χ3n) is 4.82. The molecule has 0 N–H and O–H groups in total. The number of hydrogen-bond donors (Lipinski definition) is 0. The Balaban J connectivity index is 1.41. The lowest BCUT2D eigenvalue weighted by molar-refractivity contribution is 0.165. The highest BCUT2D eigenvalue weighted by molar-refractivity contribution is 5.77. The van der Waals surface area contributed by atoms with Crippen LogP contribution < -0.4 is 5.56 Å². The number of nitrogens with zero attached hydrogens (tertiary/aromatic N) is 4. The van der Waals surface area contributed by atoms with E-state index in [1.807, 2.05) is 0 Å². The van der Waals surface area contributed by atoms with Crippen LogP contribution in [0.2, 0.25) is 0 Å². The summed E-state index contributed by atoms with van der Waals surface area (Å²) in [5, 5.41) is 0.465. The average Bonchev–Trinajstić information content (AvgIpc) is 3.12. The predicted octanol–water partition coefficient (Wildman–Crippen LogP) is 2.44. The molecular formula is C18H19FN4O2. The van der Waals surface area contributed by atoms with Gasteiger partial charge in [0.25, 0.3) is 5.56 Å². The highest BCUT2D eigenvalue weighted by Crippen LogP contribution is 2.20. The van der Waals surface area contributed by atoms with Gasteiger partial charge in [-0.1, -0.05) is 0 Å². The van der Waals surface area contributed by atoms with Crippen LogP contribution in [-0.2, 0) is 13.1 Å². The Hall–Kier alpha value is -2.54. The van der Waals surface area contributed by atoms with Crippen LogP contribution in [0.4, 0.5) is 4.39 Å². The minimum absolute atomic E-state index is 0.102. The Morgan fingerprint density at radius 1 is 1.24 bits per heavy atom. The fourth-order valence-corrected chi connectivity index (χ4v) is 3.41. The summed E-state index contributed by atoms with van der Waals surface area (Å²) in [5.74, 6) is 0.0580. The molecule has 0 unspecified atom stereocenters. The van der Waals surface area contributed by atoms with E-state index in [9.17, 15) is 9.18 Å². The summed E-state index contributed by atoms with van der Waals surface area (Å²) in [7, 11) is 0. The molecule has 1 aromatic carbocycles. The minimum atomic E-state index is -0.378. The first-order chi connectivity index (χ1) is 12.2. The van der Waals surface area contributed by atoms with Crippen LogP contribution in [0.25, 0.3) is 10.9 Å². The monoisotopic (exact) mass is 342 g/mol. The first-order valence-electron chi connectivity index (χ1n) is 8.43. The quantitative estimate of drug-likeness (QED) is 0.729. The summed E-state index contributed by atoms with van der Waals surface area (Å²) in [5.41, 5.74) is 1.25. The Morgan fingerprint density at radius 3 is 2.84 bits per heavy atom. The van der Waals surface area contributed by atoms with Crippen LogP contribution in [0.3, 0.4) is 0 Å². The molecule has 25 heavy (non-hydrogen) atoms. The zero-order valence-electron chi connectivity index (χ0n) is 13.8. The van der Waals surface area contributed by atoms with Crippen molar-refractivity contribution in [1.29, 1.82) is 0 Å². The van der Waals surface area contributed by atoms with Gasteiger partial charge in [-0.25, -0.2) is 14.4 Å². The van der Waals surface area contributed by atoms with E-state index in [2.05, 4.69) is 14.9 Å². The van der Waals surface area contributed by atoms with E-state index >= 15 is 0 Å². The van der Waals surface area contributed by atoms with E-state index < -0.39 is 0 Å². The maximum Gasteiger partial charge on any atom is 0.261 e. The summed E-state index contributed by atoms with van der Waals surface area (Å²) in [6.07, 6.45) is 6.70. The van der Waals surface area contributed by atoms with Gasteiger partial charge in [0, 0.05) is 19.2 Å². The molecule has 130 valence electrons. The molecule has 6 nitrogen and oxygen atoms in total. The molecular weight excluding hydrogens is 323 g/mol. The Kier molecular flexibility index (Phi) is 4.31. The molecule has 7 heteroatoms. The van der Waals surface area contributed by atoms with Crippen LogP contribution in [-0.4, -0.2) is 32.5 Å². The summed E-state index contributed by atoms with van der Waals surface area (Å²) in [6.45, 7) is 3.39. The van der Waals surface area contributed by atoms with E-state index in [1.54, 1.807) is 10.8 Å². The number of oxazole rings is 1. The van der Waals surface area contributed by atoms with Crippen molar-refractivity contribution in [2.45, 2.75) is 25.9 Å². The molecule has 0 atom stereocenters. The van der Waals surface area contributed by atoms with Crippen LogP contribution in [0, 0.1) is 11.7 Å². The molecule has 0 saturated carbocycles. The molecule has 0 amide bonds. The number of piperidine rings is 1. The number of aromatic nitrogens is 3. The molecule has 1 aliphatic heterocycles. The zero-order valence-corrected chi connectivity index (χ0v) is 13.8. The highest BCUT2D eigenvalue weighted by Gasteiger charge is 2.21. The molecule has 4 rings (SSSR count). The molecule has 1 saturated heterocycles. The standard InChI is InChI=1S/C18H19FN4O2/c19-14-1-2-16-17(7-14)20-11-23(18(16)24)8-13-3-5-22(6-4-13)9-15-10-25-12-21-15/h1-2,7,10-13H,3-6,8-9H2. The normalized spacial score (nSPS) is 16.5. The van der Waals surface area contributed by atoms with Crippen molar-refractivity contribution < 1.29 is 8.81 Å². The van der Waals surface area contributed by atoms with Gasteiger partial charge in [-0.05, 0) is 44.0 Å². The summed E-state index contributed by atoms with van der Waals surface area (Å²) < 4.78 is 19.9. The molecule has 0 spiro atoms. The lowest BCUT2D eigenvalue weighted by Gasteiger charge is -2.31. The predicted molar refractivity (Wildman–Crippen MR) is 90.5 cm³/mol. The third kappa shape index (κ3) is 3.46. The largest absolute Gasteiger partial charge is 0.451 e. The van der Waals surface area contributed by atoms with Crippen LogP contribution in [0.15, 0.2) is 46.4 Å². The van der Waals surface area contributed by atoms with Crippen molar-refractivity contribution in [3.05, 3.63) is 59.0 Å². The van der Waals surface area contributed by atoms with E-state index in [1.165, 1.54) is 30.9 Å². The maximum absolute atomic E-state index is 13.2. The summed E-state index contributed by atoms with van der Waals surface area (Å²) in [6, 6.07) is 4.11. The minimum Gasteiger partial charge on any atom is -0.451 e. The van der Waals surface area contributed by atoms with Gasteiger partial charge in [-0.3, -0.25) is 14.3 Å². The van der Waals surface area contributed by atoms with Crippen molar-refractivity contribution in [2.75, 3.05) is 13.1 Å². The van der Waals surface area contributed by atoms with E-state index in [0.717, 1.165) is 38.2 Å². The Morgan fingerprint density at radius 2 is 2.08 bits per heavy atom. The topological polar surface area (TPSA) is 64.2 Å². The van der Waals surface area contributed by atoms with Crippen molar-refractivity contribution >= 4 is 10.9 Å². The van der Waals surface area contributed by atoms with Gasteiger partial charge >= 0.3 is 0 Å². The van der Waals surface area contributed by atoms with Crippen molar-refractivity contribution in [2.24, 2.45) is 5.92 Å². The van der Waals surface area contributed by atoms with Gasteiger partial charge in [-0.15, -0.1) is 0 Å². The van der Waals surface area contributed by atoms with Gasteiger partial charge in [0.15, 0.2) is 6.39 Å². The van der Waals surface area contributed by atoms with Crippen LogP contribution >= 0.6 is 0 Å². The number of likely N-dealkylation sites (tertiary alicyclic amines) is 1. The molecule has 0 bridgehead atoms. The van der Waals surface area contributed by atoms with Crippen molar-refractivity contribution in [1.82, 2.24) is 19.4 Å².